The van der Waals surface area contributed by atoms with Gasteiger partial charge in [0.25, 0.3) is 0 Å². The summed E-state index contributed by atoms with van der Waals surface area (Å²) < 4.78 is 31.4. The highest BCUT2D eigenvalue weighted by atomic mass is 32.2. The first-order valence-corrected chi connectivity index (χ1v) is 7.76. The van der Waals surface area contributed by atoms with Crippen LogP contribution in [0, 0.1) is 0 Å². The summed E-state index contributed by atoms with van der Waals surface area (Å²) in [6.07, 6.45) is 3.45. The van der Waals surface area contributed by atoms with Gasteiger partial charge in [-0.25, -0.2) is 13.1 Å². The topological polar surface area (TPSA) is 97.4 Å². The molecule has 7 nitrogen and oxygen atoms in total. The molecular formula is C12H17N3O4S. The molecule has 20 heavy (non-hydrogen) atoms. The van der Waals surface area contributed by atoms with Gasteiger partial charge in [0.1, 0.15) is 6.04 Å². The Morgan fingerprint density at radius 1 is 1.60 bits per heavy atom. The first-order chi connectivity index (χ1) is 9.53. The highest BCUT2D eigenvalue weighted by Crippen LogP contribution is 2.15. The highest BCUT2D eigenvalue weighted by Gasteiger charge is 2.37. The molecule has 0 radical (unpaired) electrons. The maximum absolute atomic E-state index is 12.1. The van der Waals surface area contributed by atoms with Crippen LogP contribution in [0.15, 0.2) is 24.5 Å². The van der Waals surface area contributed by atoms with Crippen molar-refractivity contribution in [3.05, 3.63) is 30.1 Å². The molecule has 2 atom stereocenters. The lowest BCUT2D eigenvalue weighted by Crippen LogP contribution is -2.35. The summed E-state index contributed by atoms with van der Waals surface area (Å²) in [6, 6.07) is 2.98. The van der Waals surface area contributed by atoms with E-state index in [2.05, 4.69) is 19.8 Å². The van der Waals surface area contributed by atoms with Gasteiger partial charge in [0.15, 0.2) is 0 Å². The molecule has 2 heterocycles. The zero-order valence-electron chi connectivity index (χ0n) is 11.1. The molecular weight excluding hydrogens is 282 g/mol. The molecule has 0 bridgehead atoms. The number of pyridine rings is 1. The highest BCUT2D eigenvalue weighted by molar-refractivity contribution is 7.90. The van der Waals surface area contributed by atoms with Gasteiger partial charge < -0.3 is 10.1 Å². The normalized spacial score (nSPS) is 22.6. The number of nitrogens with one attached hydrogen (secondary N) is 2. The number of hydrogen-bond acceptors (Lipinski definition) is 6. The Kier molecular flexibility index (Phi) is 4.69. The lowest BCUT2D eigenvalue weighted by molar-refractivity contribution is -0.142. The average molecular weight is 299 g/mol. The zero-order chi connectivity index (χ0) is 14.6. The Balaban J connectivity index is 1.93. The predicted molar refractivity (Wildman–Crippen MR) is 72.2 cm³/mol. The van der Waals surface area contributed by atoms with Crippen molar-refractivity contribution in [2.75, 3.05) is 13.7 Å². The SMILES string of the molecule is COC(=O)C1CC(S(=O)(=O)NCc2cccnc2)CN1. The summed E-state index contributed by atoms with van der Waals surface area (Å²) in [5.41, 5.74) is 0.784. The van der Waals surface area contributed by atoms with Gasteiger partial charge in [-0.1, -0.05) is 6.07 Å². The van der Waals surface area contributed by atoms with E-state index < -0.39 is 27.3 Å². The molecule has 1 aromatic heterocycles. The van der Waals surface area contributed by atoms with Crippen molar-refractivity contribution in [2.45, 2.75) is 24.3 Å². The number of sulfonamides is 1. The van der Waals surface area contributed by atoms with Crippen LogP contribution in [-0.4, -0.2) is 44.3 Å². The van der Waals surface area contributed by atoms with E-state index in [1.165, 1.54) is 7.11 Å². The van der Waals surface area contributed by atoms with E-state index in [0.29, 0.717) is 0 Å². The molecule has 0 spiro atoms. The Hall–Kier alpha value is -1.51. The Bertz CT molecular complexity index is 561. The maximum Gasteiger partial charge on any atom is 0.322 e. The summed E-state index contributed by atoms with van der Waals surface area (Å²) in [5.74, 6) is -0.435. The third-order valence-corrected chi connectivity index (χ3v) is 5.00. The molecule has 8 heteroatoms. The molecule has 1 fully saturated rings. The minimum Gasteiger partial charge on any atom is -0.468 e. The maximum atomic E-state index is 12.1. The van der Waals surface area contributed by atoms with Crippen LogP contribution in [-0.2, 0) is 26.1 Å². The predicted octanol–water partition coefficient (Wildman–Crippen LogP) is -0.595. The minimum absolute atomic E-state index is 0.190. The van der Waals surface area contributed by atoms with Gasteiger partial charge in [0, 0.05) is 25.5 Å². The van der Waals surface area contributed by atoms with Crippen LogP contribution in [0.4, 0.5) is 0 Å². The molecule has 2 N–H and O–H groups in total. The van der Waals surface area contributed by atoms with E-state index in [1.54, 1.807) is 24.5 Å². The van der Waals surface area contributed by atoms with Crippen LogP contribution in [0.5, 0.6) is 0 Å². The van der Waals surface area contributed by atoms with Crippen molar-refractivity contribution in [1.29, 1.82) is 0 Å². The standard InChI is InChI=1S/C12H17N3O4S/c1-19-12(16)11-5-10(8-14-11)20(17,18)15-7-9-3-2-4-13-6-9/h2-4,6,10-11,14-15H,5,7-8H2,1H3. The van der Waals surface area contributed by atoms with Crippen LogP contribution in [0.2, 0.25) is 0 Å². The van der Waals surface area contributed by atoms with Gasteiger partial charge in [-0.05, 0) is 18.1 Å². The summed E-state index contributed by atoms with van der Waals surface area (Å²) in [5, 5.41) is 2.22. The van der Waals surface area contributed by atoms with Crippen LogP contribution in [0.3, 0.4) is 0 Å². The molecule has 0 saturated carbocycles. The van der Waals surface area contributed by atoms with Gasteiger partial charge in [-0.3, -0.25) is 9.78 Å². The van der Waals surface area contributed by atoms with E-state index >= 15 is 0 Å². The van der Waals surface area contributed by atoms with Gasteiger partial charge in [-0.15, -0.1) is 0 Å². The summed E-state index contributed by atoms with van der Waals surface area (Å²) >= 11 is 0. The molecule has 0 aliphatic carbocycles. The first-order valence-electron chi connectivity index (χ1n) is 6.21. The first kappa shape index (κ1) is 14.9. The Labute approximate surface area is 117 Å². The number of carbonyl (C=O) groups excluding carboxylic acids is 1. The number of aromatic nitrogens is 1. The van der Waals surface area contributed by atoms with Crippen molar-refractivity contribution in [3.63, 3.8) is 0 Å². The van der Waals surface area contributed by atoms with Crippen LogP contribution >= 0.6 is 0 Å². The second-order valence-electron chi connectivity index (χ2n) is 4.57. The van der Waals surface area contributed by atoms with E-state index in [-0.39, 0.29) is 19.5 Å². The van der Waals surface area contributed by atoms with Crippen molar-refractivity contribution in [3.8, 4) is 0 Å². The van der Waals surface area contributed by atoms with Crippen molar-refractivity contribution < 1.29 is 17.9 Å². The lowest BCUT2D eigenvalue weighted by atomic mass is 10.2. The number of carbonyl (C=O) groups is 1. The van der Waals surface area contributed by atoms with Gasteiger partial charge in [0.2, 0.25) is 10.0 Å². The third-order valence-electron chi connectivity index (χ3n) is 3.22. The lowest BCUT2D eigenvalue weighted by Gasteiger charge is -2.12. The fourth-order valence-electron chi connectivity index (χ4n) is 2.07. The fourth-order valence-corrected chi connectivity index (χ4v) is 3.43. The molecule has 1 aromatic rings. The molecule has 1 saturated heterocycles. The summed E-state index contributed by atoms with van der Waals surface area (Å²) in [6.45, 7) is 0.428. The summed E-state index contributed by atoms with van der Waals surface area (Å²) in [7, 11) is -2.20. The zero-order valence-corrected chi connectivity index (χ0v) is 11.9. The van der Waals surface area contributed by atoms with E-state index in [4.69, 9.17) is 0 Å². The third kappa shape index (κ3) is 3.53. The van der Waals surface area contributed by atoms with Crippen LogP contribution in [0.25, 0.3) is 0 Å². The fraction of sp³-hybridized carbons (Fsp3) is 0.500. The Morgan fingerprint density at radius 2 is 2.40 bits per heavy atom. The van der Waals surface area contributed by atoms with Crippen molar-refractivity contribution in [1.82, 2.24) is 15.0 Å². The van der Waals surface area contributed by atoms with E-state index in [1.807, 2.05) is 0 Å². The van der Waals surface area contributed by atoms with Crippen LogP contribution in [0.1, 0.15) is 12.0 Å². The quantitative estimate of drug-likeness (QED) is 0.705. The monoisotopic (exact) mass is 299 g/mol. The average Bonchev–Trinajstić information content (AvgIpc) is 2.96. The molecule has 2 unspecified atom stereocenters. The van der Waals surface area contributed by atoms with Gasteiger partial charge in [0.05, 0.1) is 12.4 Å². The van der Waals surface area contributed by atoms with Crippen molar-refractivity contribution in [2.24, 2.45) is 0 Å². The smallest absolute Gasteiger partial charge is 0.322 e. The molecule has 2 rings (SSSR count). The van der Waals surface area contributed by atoms with E-state index in [0.717, 1.165) is 5.56 Å². The second-order valence-corrected chi connectivity index (χ2v) is 6.61. The number of ether oxygens (including phenoxy) is 1. The molecule has 0 amide bonds. The Morgan fingerprint density at radius 3 is 3.05 bits per heavy atom. The number of methoxy groups -OCH3 is 1. The molecule has 110 valence electrons. The van der Waals surface area contributed by atoms with Crippen LogP contribution < -0.4 is 10.0 Å². The minimum atomic E-state index is -3.48. The molecule has 1 aliphatic rings. The van der Waals surface area contributed by atoms with E-state index in [9.17, 15) is 13.2 Å². The number of rotatable bonds is 5. The molecule has 0 aromatic carbocycles. The number of hydrogen-bond donors (Lipinski definition) is 2. The molecule has 1 aliphatic heterocycles. The summed E-state index contributed by atoms with van der Waals surface area (Å²) in [4.78, 5) is 15.3. The van der Waals surface area contributed by atoms with Gasteiger partial charge in [-0.2, -0.15) is 0 Å². The number of nitrogens with zero attached hydrogens (tertiary/aromatic N) is 1. The van der Waals surface area contributed by atoms with Gasteiger partial charge >= 0.3 is 5.97 Å². The second kappa shape index (κ2) is 6.29. The largest absolute Gasteiger partial charge is 0.468 e. The van der Waals surface area contributed by atoms with Crippen molar-refractivity contribution >= 4 is 16.0 Å². The number of esters is 1.